The number of nitrogens with zero attached hydrogens (tertiary/aromatic N) is 2. The molecule has 1 amide bonds. The van der Waals surface area contributed by atoms with E-state index in [9.17, 15) is 13.2 Å². The van der Waals surface area contributed by atoms with Gasteiger partial charge in [0, 0.05) is 38.1 Å². The van der Waals surface area contributed by atoms with Gasteiger partial charge >= 0.3 is 0 Å². The predicted octanol–water partition coefficient (Wildman–Crippen LogP) is 3.59. The average Bonchev–Trinajstić information content (AvgIpc) is 3.27. The Hall–Kier alpha value is -3.53. The number of morpholine rings is 1. The number of aryl methyl sites for hydroxylation is 1. The van der Waals surface area contributed by atoms with Crippen LogP contribution in [0.2, 0.25) is 0 Å². The number of amides is 1. The minimum Gasteiger partial charge on any atom is -0.379 e. The number of aromatic nitrogens is 1. The molecule has 2 N–H and O–H groups in total. The van der Waals surface area contributed by atoms with Gasteiger partial charge < -0.3 is 15.0 Å². The fourth-order valence-electron chi connectivity index (χ4n) is 4.08. The third-order valence-corrected chi connectivity index (χ3v) is 7.96. The zero-order valence-electron chi connectivity index (χ0n) is 20.2. The monoisotopic (exact) mass is 506 g/mol. The number of sulfone groups is 1. The van der Waals surface area contributed by atoms with Crippen LogP contribution >= 0.6 is 0 Å². The maximum Gasteiger partial charge on any atom is 0.267 e. The molecule has 36 heavy (non-hydrogen) atoms. The highest BCUT2D eigenvalue weighted by molar-refractivity contribution is 7.91. The van der Waals surface area contributed by atoms with E-state index >= 15 is 0 Å². The van der Waals surface area contributed by atoms with Crippen LogP contribution in [0.25, 0.3) is 6.08 Å². The molecule has 1 aliphatic heterocycles. The van der Waals surface area contributed by atoms with E-state index < -0.39 is 9.84 Å². The van der Waals surface area contributed by atoms with Crippen molar-refractivity contribution < 1.29 is 17.9 Å². The summed E-state index contributed by atoms with van der Waals surface area (Å²) in [6.45, 7) is 8.99. The Labute approximate surface area is 211 Å². The molecule has 2 heterocycles. The molecule has 9 heteroatoms. The third kappa shape index (κ3) is 5.99. The smallest absolute Gasteiger partial charge is 0.267 e. The number of hydrogen-bond acceptors (Lipinski definition) is 6. The molecule has 1 aliphatic rings. The second kappa shape index (κ2) is 11.5. The van der Waals surface area contributed by atoms with Crippen LogP contribution in [0, 0.1) is 6.92 Å². The van der Waals surface area contributed by atoms with Crippen LogP contribution in [0.5, 0.6) is 0 Å². The van der Waals surface area contributed by atoms with Gasteiger partial charge in [0.25, 0.3) is 5.91 Å². The summed E-state index contributed by atoms with van der Waals surface area (Å²) in [5.74, 6) is -0.252. The molecule has 1 aromatic heterocycles. The molecule has 0 atom stereocenters. The van der Waals surface area contributed by atoms with Crippen molar-refractivity contribution in [3.63, 3.8) is 0 Å². The number of carbonyl (C=O) groups is 1. The van der Waals surface area contributed by atoms with Gasteiger partial charge in [0.1, 0.15) is 5.69 Å². The molecule has 3 aromatic rings. The normalized spacial score (nSPS) is 14.7. The van der Waals surface area contributed by atoms with Gasteiger partial charge in [-0.25, -0.2) is 8.42 Å². The van der Waals surface area contributed by atoms with Gasteiger partial charge in [0.15, 0.2) is 0 Å². The van der Waals surface area contributed by atoms with Crippen molar-refractivity contribution in [2.45, 2.75) is 29.8 Å². The van der Waals surface area contributed by atoms with Crippen molar-refractivity contribution in [2.24, 2.45) is 4.99 Å². The molecule has 8 nitrogen and oxygen atoms in total. The van der Waals surface area contributed by atoms with Crippen LogP contribution in [-0.4, -0.2) is 57.2 Å². The van der Waals surface area contributed by atoms with Crippen molar-refractivity contribution in [3.05, 3.63) is 88.9 Å². The summed E-state index contributed by atoms with van der Waals surface area (Å²) in [5.41, 5.74) is 3.71. The van der Waals surface area contributed by atoms with Crippen molar-refractivity contribution in [1.29, 1.82) is 0 Å². The number of carbonyl (C=O) groups excluding carboxylic acids is 1. The van der Waals surface area contributed by atoms with Gasteiger partial charge in [-0.2, -0.15) is 0 Å². The lowest BCUT2D eigenvalue weighted by Crippen LogP contribution is -2.36. The summed E-state index contributed by atoms with van der Waals surface area (Å²) >= 11 is 0. The third-order valence-electron chi connectivity index (χ3n) is 6.09. The predicted molar refractivity (Wildman–Crippen MR) is 140 cm³/mol. The molecule has 0 unspecified atom stereocenters. The Kier molecular flexibility index (Phi) is 8.14. The van der Waals surface area contributed by atoms with E-state index in [0.29, 0.717) is 30.3 Å². The molecule has 4 rings (SSSR count). The minimum absolute atomic E-state index is 0.222. The van der Waals surface area contributed by atoms with Crippen molar-refractivity contribution in [3.8, 4) is 0 Å². The Bertz CT molecular complexity index is 1350. The standard InChI is InChI=1S/C27H30N4O4S/c1-20-17-25(30-24(20)11-12-28-2)27(32)29-18-21-7-9-23(10-8-21)36(33,34)26-6-4-3-5-22(26)19-31-13-15-35-16-14-31/h3-12,17,30H,2,13-16,18-19H2,1H3,(H,29,32)/b12-11-. The Morgan fingerprint density at radius 3 is 2.61 bits per heavy atom. The van der Waals surface area contributed by atoms with Crippen LogP contribution in [-0.2, 0) is 27.7 Å². The largest absolute Gasteiger partial charge is 0.379 e. The molecular weight excluding hydrogens is 476 g/mol. The van der Waals surface area contributed by atoms with Crippen LogP contribution in [0.1, 0.15) is 32.9 Å². The molecule has 1 saturated heterocycles. The van der Waals surface area contributed by atoms with Crippen LogP contribution in [0.3, 0.4) is 0 Å². The Balaban J connectivity index is 1.44. The van der Waals surface area contributed by atoms with E-state index in [4.69, 9.17) is 4.74 Å². The topological polar surface area (TPSA) is 104 Å². The van der Waals surface area contributed by atoms with Crippen LogP contribution in [0.4, 0.5) is 0 Å². The van der Waals surface area contributed by atoms with Gasteiger partial charge in [-0.05, 0) is 60.7 Å². The molecule has 0 radical (unpaired) electrons. The van der Waals surface area contributed by atoms with E-state index in [0.717, 1.165) is 35.5 Å². The maximum absolute atomic E-state index is 13.4. The number of ether oxygens (including phenoxy) is 1. The fraction of sp³-hybridized carbons (Fsp3) is 0.259. The number of nitrogens with one attached hydrogen (secondary N) is 2. The molecule has 188 valence electrons. The molecule has 1 fully saturated rings. The lowest BCUT2D eigenvalue weighted by atomic mass is 10.2. The van der Waals surface area contributed by atoms with Gasteiger partial charge in [-0.15, -0.1) is 0 Å². The summed E-state index contributed by atoms with van der Waals surface area (Å²) in [6, 6.07) is 15.5. The van der Waals surface area contributed by atoms with Crippen molar-refractivity contribution >= 4 is 28.5 Å². The van der Waals surface area contributed by atoms with Gasteiger partial charge in [0.05, 0.1) is 23.0 Å². The Morgan fingerprint density at radius 1 is 1.17 bits per heavy atom. The number of aromatic amines is 1. The number of rotatable bonds is 9. The summed E-state index contributed by atoms with van der Waals surface area (Å²) < 4.78 is 32.3. The van der Waals surface area contributed by atoms with Crippen molar-refractivity contribution in [1.82, 2.24) is 15.2 Å². The van der Waals surface area contributed by atoms with Gasteiger partial charge in [-0.3, -0.25) is 14.7 Å². The quantitative estimate of drug-likeness (QED) is 0.432. The van der Waals surface area contributed by atoms with E-state index in [-0.39, 0.29) is 17.3 Å². The van der Waals surface area contributed by atoms with Crippen LogP contribution in [0.15, 0.2) is 75.6 Å². The maximum atomic E-state index is 13.4. The summed E-state index contributed by atoms with van der Waals surface area (Å²) in [7, 11) is -3.69. The lowest BCUT2D eigenvalue weighted by Gasteiger charge is -2.27. The second-order valence-electron chi connectivity index (χ2n) is 8.60. The fourth-order valence-corrected chi connectivity index (χ4v) is 5.57. The minimum atomic E-state index is -3.69. The van der Waals surface area contributed by atoms with E-state index in [1.165, 1.54) is 0 Å². The highest BCUT2D eigenvalue weighted by Crippen LogP contribution is 2.26. The molecule has 0 bridgehead atoms. The summed E-state index contributed by atoms with van der Waals surface area (Å²) in [4.78, 5) is 22.0. The van der Waals surface area contributed by atoms with Crippen molar-refractivity contribution in [2.75, 3.05) is 26.3 Å². The zero-order valence-corrected chi connectivity index (χ0v) is 21.1. The highest BCUT2D eigenvalue weighted by Gasteiger charge is 2.23. The molecule has 2 aromatic carbocycles. The lowest BCUT2D eigenvalue weighted by molar-refractivity contribution is 0.0338. The molecule has 0 aliphatic carbocycles. The number of benzene rings is 2. The molecule has 0 saturated carbocycles. The number of hydrogen-bond donors (Lipinski definition) is 2. The first-order valence-corrected chi connectivity index (χ1v) is 13.2. The number of aliphatic imine (C=N–C) groups is 1. The zero-order chi connectivity index (χ0) is 25.5. The van der Waals surface area contributed by atoms with E-state index in [2.05, 4.69) is 26.9 Å². The summed E-state index contributed by atoms with van der Waals surface area (Å²) in [5, 5.41) is 2.86. The van der Waals surface area contributed by atoms with Gasteiger partial charge in [0.2, 0.25) is 9.84 Å². The summed E-state index contributed by atoms with van der Waals surface area (Å²) in [6.07, 6.45) is 3.30. The SMILES string of the molecule is C=N/C=C\c1[nH]c(C(=O)NCc2ccc(S(=O)(=O)c3ccccc3CN3CCOCC3)cc2)cc1C. The first-order valence-electron chi connectivity index (χ1n) is 11.7. The highest BCUT2D eigenvalue weighted by atomic mass is 32.2. The first-order chi connectivity index (χ1) is 17.4. The second-order valence-corrected chi connectivity index (χ2v) is 10.5. The molecule has 0 spiro atoms. The van der Waals surface area contributed by atoms with Crippen LogP contribution < -0.4 is 5.32 Å². The number of H-pyrrole nitrogens is 1. The van der Waals surface area contributed by atoms with E-state index in [1.807, 2.05) is 19.1 Å². The van der Waals surface area contributed by atoms with Gasteiger partial charge in [-0.1, -0.05) is 30.3 Å². The first kappa shape index (κ1) is 25.6. The van der Waals surface area contributed by atoms with E-state index in [1.54, 1.807) is 54.7 Å². The average molecular weight is 507 g/mol. The molecular formula is C27H30N4O4S. The Morgan fingerprint density at radius 2 is 1.89 bits per heavy atom.